The lowest BCUT2D eigenvalue weighted by Gasteiger charge is -2.25. The molecule has 1 atom stereocenters. The Morgan fingerprint density at radius 3 is 2.60 bits per heavy atom. The van der Waals surface area contributed by atoms with Gasteiger partial charge in [0.05, 0.1) is 17.2 Å². The summed E-state index contributed by atoms with van der Waals surface area (Å²) >= 11 is 0. The van der Waals surface area contributed by atoms with Crippen molar-refractivity contribution >= 4 is 17.7 Å². The summed E-state index contributed by atoms with van der Waals surface area (Å²) in [7, 11) is 3.25. The number of aryl methyl sites for hydroxylation is 1. The molecule has 126 valence electrons. The van der Waals surface area contributed by atoms with E-state index >= 15 is 0 Å². The second-order valence-electron chi connectivity index (χ2n) is 6.60. The third-order valence-electron chi connectivity index (χ3n) is 5.23. The van der Waals surface area contributed by atoms with E-state index in [0.717, 1.165) is 17.7 Å². The lowest BCUT2D eigenvalue weighted by Crippen LogP contribution is -2.30. The number of fused-ring (bicyclic) bond motifs is 2. The zero-order chi connectivity index (χ0) is 17.7. The quantitative estimate of drug-likeness (QED) is 0.794. The lowest BCUT2D eigenvalue weighted by atomic mass is 10.0. The summed E-state index contributed by atoms with van der Waals surface area (Å²) < 4.78 is 0. The zero-order valence-electron chi connectivity index (χ0n) is 14.2. The van der Waals surface area contributed by atoms with Gasteiger partial charge in [-0.2, -0.15) is 0 Å². The van der Waals surface area contributed by atoms with Crippen LogP contribution in [0.3, 0.4) is 0 Å². The number of carbonyl (C=O) groups excluding carboxylic acids is 3. The van der Waals surface area contributed by atoms with Crippen LogP contribution < -0.4 is 0 Å². The molecule has 0 N–H and O–H groups in total. The molecule has 0 aromatic heterocycles. The number of nitrogens with zero attached hydrogens (tertiary/aromatic N) is 2. The Morgan fingerprint density at radius 2 is 1.80 bits per heavy atom. The highest BCUT2D eigenvalue weighted by Crippen LogP contribution is 2.35. The summed E-state index contributed by atoms with van der Waals surface area (Å²) in [4.78, 5) is 39.9. The first kappa shape index (κ1) is 15.6. The van der Waals surface area contributed by atoms with Gasteiger partial charge in [-0.05, 0) is 42.2 Å². The molecule has 1 aliphatic carbocycles. The molecule has 0 saturated heterocycles. The number of benzene rings is 2. The summed E-state index contributed by atoms with van der Waals surface area (Å²) in [5.41, 5.74) is 3.56. The Bertz CT molecular complexity index is 919. The molecular formula is C20H18N2O3. The van der Waals surface area contributed by atoms with Gasteiger partial charge in [0.1, 0.15) is 0 Å². The summed E-state index contributed by atoms with van der Waals surface area (Å²) in [5, 5.41) is 0. The maximum atomic E-state index is 12.9. The van der Waals surface area contributed by atoms with E-state index in [1.807, 2.05) is 12.1 Å². The van der Waals surface area contributed by atoms with Gasteiger partial charge in [0.25, 0.3) is 17.7 Å². The summed E-state index contributed by atoms with van der Waals surface area (Å²) in [6.45, 7) is 0. The molecule has 1 heterocycles. The molecule has 0 radical (unpaired) electrons. The topological polar surface area (TPSA) is 57.7 Å². The largest absolute Gasteiger partial charge is 0.335 e. The third kappa shape index (κ3) is 2.27. The minimum absolute atomic E-state index is 0.0389. The van der Waals surface area contributed by atoms with Crippen molar-refractivity contribution in [1.29, 1.82) is 0 Å². The molecule has 0 unspecified atom stereocenters. The maximum Gasteiger partial charge on any atom is 0.261 e. The van der Waals surface area contributed by atoms with Crippen LogP contribution >= 0.6 is 0 Å². The van der Waals surface area contributed by atoms with E-state index in [1.54, 1.807) is 30.1 Å². The summed E-state index contributed by atoms with van der Waals surface area (Å²) in [5.74, 6) is -0.820. The van der Waals surface area contributed by atoms with E-state index in [2.05, 4.69) is 12.1 Å². The van der Waals surface area contributed by atoms with Gasteiger partial charge in [-0.3, -0.25) is 19.3 Å². The van der Waals surface area contributed by atoms with E-state index < -0.39 is 0 Å². The number of imide groups is 1. The van der Waals surface area contributed by atoms with E-state index in [9.17, 15) is 14.4 Å². The molecule has 25 heavy (non-hydrogen) atoms. The number of rotatable bonds is 2. The second-order valence-corrected chi connectivity index (χ2v) is 6.60. The molecule has 4 rings (SSSR count). The average molecular weight is 334 g/mol. The predicted octanol–water partition coefficient (Wildman–Crippen LogP) is 2.67. The normalized spacial score (nSPS) is 18.3. The molecule has 2 aromatic rings. The molecule has 0 bridgehead atoms. The van der Waals surface area contributed by atoms with Crippen LogP contribution in [-0.2, 0) is 6.42 Å². The smallest absolute Gasteiger partial charge is 0.261 e. The van der Waals surface area contributed by atoms with Crippen LogP contribution in [0.5, 0.6) is 0 Å². The fourth-order valence-corrected chi connectivity index (χ4v) is 3.78. The highest BCUT2D eigenvalue weighted by Gasteiger charge is 2.34. The molecule has 5 nitrogen and oxygen atoms in total. The lowest BCUT2D eigenvalue weighted by molar-refractivity contribution is 0.0692. The van der Waals surface area contributed by atoms with E-state index in [-0.39, 0.29) is 23.8 Å². The van der Waals surface area contributed by atoms with Crippen LogP contribution in [0.1, 0.15) is 54.7 Å². The van der Waals surface area contributed by atoms with E-state index in [4.69, 9.17) is 0 Å². The van der Waals surface area contributed by atoms with Crippen LogP contribution in [0.2, 0.25) is 0 Å². The van der Waals surface area contributed by atoms with Gasteiger partial charge >= 0.3 is 0 Å². The van der Waals surface area contributed by atoms with Crippen molar-refractivity contribution in [2.24, 2.45) is 0 Å². The van der Waals surface area contributed by atoms with Crippen LogP contribution in [-0.4, -0.2) is 41.6 Å². The van der Waals surface area contributed by atoms with Crippen molar-refractivity contribution in [2.75, 3.05) is 14.1 Å². The number of amides is 3. The zero-order valence-corrected chi connectivity index (χ0v) is 14.2. The van der Waals surface area contributed by atoms with Crippen LogP contribution in [0, 0.1) is 0 Å². The molecule has 2 aliphatic rings. The van der Waals surface area contributed by atoms with Crippen molar-refractivity contribution in [3.8, 4) is 0 Å². The first-order chi connectivity index (χ1) is 12.0. The van der Waals surface area contributed by atoms with E-state index in [1.165, 1.54) is 18.2 Å². The minimum Gasteiger partial charge on any atom is -0.335 e. The highest BCUT2D eigenvalue weighted by atomic mass is 16.2. The van der Waals surface area contributed by atoms with Crippen molar-refractivity contribution in [2.45, 2.75) is 18.9 Å². The fraction of sp³-hybridized carbons (Fsp3) is 0.250. The molecule has 3 amide bonds. The fourth-order valence-electron chi connectivity index (χ4n) is 3.78. The van der Waals surface area contributed by atoms with Crippen LogP contribution in [0.15, 0.2) is 42.5 Å². The van der Waals surface area contributed by atoms with Crippen molar-refractivity contribution in [3.63, 3.8) is 0 Å². The van der Waals surface area contributed by atoms with Gasteiger partial charge < -0.3 is 4.90 Å². The van der Waals surface area contributed by atoms with Crippen molar-refractivity contribution in [3.05, 3.63) is 70.3 Å². The Balaban J connectivity index is 1.65. The molecule has 0 spiro atoms. The van der Waals surface area contributed by atoms with Gasteiger partial charge in [-0.25, -0.2) is 0 Å². The average Bonchev–Trinajstić information content (AvgIpc) is 3.16. The SMILES string of the molecule is CN1C(=O)c2ccc(C(=O)N(C)[C@@H]3CCc4ccccc43)cc2C1=O. The van der Waals surface area contributed by atoms with Crippen molar-refractivity contribution < 1.29 is 14.4 Å². The Morgan fingerprint density at radius 1 is 1.08 bits per heavy atom. The molecular weight excluding hydrogens is 316 g/mol. The number of hydrogen-bond acceptors (Lipinski definition) is 3. The number of hydrogen-bond donors (Lipinski definition) is 0. The molecule has 2 aromatic carbocycles. The van der Waals surface area contributed by atoms with Crippen LogP contribution in [0.25, 0.3) is 0 Å². The van der Waals surface area contributed by atoms with Gasteiger partial charge in [-0.15, -0.1) is 0 Å². The Labute approximate surface area is 145 Å². The third-order valence-corrected chi connectivity index (χ3v) is 5.23. The highest BCUT2D eigenvalue weighted by molar-refractivity contribution is 6.21. The van der Waals surface area contributed by atoms with E-state index in [0.29, 0.717) is 16.7 Å². The maximum absolute atomic E-state index is 12.9. The first-order valence-corrected chi connectivity index (χ1v) is 8.30. The van der Waals surface area contributed by atoms with Crippen molar-refractivity contribution in [1.82, 2.24) is 9.80 Å². The Hall–Kier alpha value is -2.95. The summed E-state index contributed by atoms with van der Waals surface area (Å²) in [6.07, 6.45) is 1.85. The summed E-state index contributed by atoms with van der Waals surface area (Å²) in [6, 6.07) is 13.0. The standard InChI is InChI=1S/C20H18N2O3/c1-21(17-10-8-12-5-3-4-6-14(12)17)18(23)13-7-9-15-16(11-13)20(25)22(2)19(15)24/h3-7,9,11,17H,8,10H2,1-2H3/t17-/m1/s1. The van der Waals surface area contributed by atoms with Gasteiger partial charge in [0.15, 0.2) is 0 Å². The molecule has 1 aliphatic heterocycles. The van der Waals surface area contributed by atoms with Crippen LogP contribution in [0.4, 0.5) is 0 Å². The van der Waals surface area contributed by atoms with Gasteiger partial charge in [0.2, 0.25) is 0 Å². The van der Waals surface area contributed by atoms with Gasteiger partial charge in [0, 0.05) is 19.7 Å². The number of carbonyl (C=O) groups is 3. The van der Waals surface area contributed by atoms with Gasteiger partial charge in [-0.1, -0.05) is 24.3 Å². The first-order valence-electron chi connectivity index (χ1n) is 8.30. The molecule has 0 saturated carbocycles. The molecule has 5 heteroatoms. The molecule has 0 fully saturated rings. The monoisotopic (exact) mass is 334 g/mol. The Kier molecular flexibility index (Phi) is 3.46. The second kappa shape index (κ2) is 5.55. The predicted molar refractivity (Wildman–Crippen MR) is 92.5 cm³/mol. The minimum atomic E-state index is -0.358.